The van der Waals surface area contributed by atoms with E-state index in [0.29, 0.717) is 22.5 Å². The molecule has 9 heteroatoms. The third-order valence-corrected chi connectivity index (χ3v) is 7.23. The Labute approximate surface area is 227 Å². The van der Waals surface area contributed by atoms with Gasteiger partial charge < -0.3 is 15.2 Å². The molecule has 1 saturated carbocycles. The summed E-state index contributed by atoms with van der Waals surface area (Å²) >= 11 is 0. The Kier molecular flexibility index (Phi) is 7.76. The van der Waals surface area contributed by atoms with Gasteiger partial charge in [-0.15, -0.1) is 5.10 Å². The fourth-order valence-corrected chi connectivity index (χ4v) is 5.25. The van der Waals surface area contributed by atoms with Crippen molar-refractivity contribution in [1.29, 1.82) is 0 Å². The summed E-state index contributed by atoms with van der Waals surface area (Å²) < 4.78 is 7.21. The van der Waals surface area contributed by atoms with E-state index < -0.39 is 6.04 Å². The van der Waals surface area contributed by atoms with Crippen LogP contribution in [0.1, 0.15) is 49.3 Å². The van der Waals surface area contributed by atoms with Gasteiger partial charge >= 0.3 is 0 Å². The molecule has 0 saturated heterocycles. The highest BCUT2D eigenvalue weighted by Gasteiger charge is 2.36. The second kappa shape index (κ2) is 11.6. The van der Waals surface area contributed by atoms with Gasteiger partial charge in [-0.25, -0.2) is 4.68 Å². The summed E-state index contributed by atoms with van der Waals surface area (Å²) in [6.07, 6.45) is 5.08. The maximum absolute atomic E-state index is 14.3. The largest absolute Gasteiger partial charge is 0.508 e. The zero-order valence-corrected chi connectivity index (χ0v) is 22.2. The van der Waals surface area contributed by atoms with Gasteiger partial charge in [-0.3, -0.25) is 14.5 Å². The van der Waals surface area contributed by atoms with Crippen LogP contribution in [-0.4, -0.2) is 45.1 Å². The van der Waals surface area contributed by atoms with Crippen molar-refractivity contribution < 1.29 is 19.4 Å². The number of benzene rings is 3. The number of aromatic nitrogens is 3. The minimum Gasteiger partial charge on any atom is -0.508 e. The van der Waals surface area contributed by atoms with Gasteiger partial charge in [0.1, 0.15) is 29.6 Å². The molecule has 0 spiro atoms. The van der Waals surface area contributed by atoms with Crippen LogP contribution in [0.3, 0.4) is 0 Å². The standard InChI is InChI=1S/C30H33N5O4/c1-20-12-17-27(39-2)26(18-20)35(28(37)19-34-25-11-7-6-10-24(25)32-33-34)29(21-13-15-23(36)16-14-21)30(38)31-22-8-4-3-5-9-22/h6-7,10-18,22,29,36H,3-5,8-9,19H2,1-2H3,(H,31,38)/t29-/m0/s1. The lowest BCUT2D eigenvalue weighted by Crippen LogP contribution is -2.48. The number of methoxy groups -OCH3 is 1. The van der Waals surface area contributed by atoms with E-state index in [1.165, 1.54) is 17.0 Å². The lowest BCUT2D eigenvalue weighted by Gasteiger charge is -2.34. The normalized spacial score (nSPS) is 14.6. The van der Waals surface area contributed by atoms with Crippen molar-refractivity contribution in [3.8, 4) is 11.5 Å². The summed E-state index contributed by atoms with van der Waals surface area (Å²) in [5.41, 5.74) is 3.35. The number of anilines is 1. The van der Waals surface area contributed by atoms with E-state index in [9.17, 15) is 14.7 Å². The maximum atomic E-state index is 14.3. The van der Waals surface area contributed by atoms with Crippen molar-refractivity contribution in [3.05, 3.63) is 77.9 Å². The summed E-state index contributed by atoms with van der Waals surface area (Å²) in [4.78, 5) is 29.8. The van der Waals surface area contributed by atoms with Gasteiger partial charge in [-0.1, -0.05) is 54.8 Å². The van der Waals surface area contributed by atoms with Crippen molar-refractivity contribution in [1.82, 2.24) is 20.3 Å². The number of hydrogen-bond donors (Lipinski definition) is 2. The second-order valence-corrected chi connectivity index (χ2v) is 10.0. The Morgan fingerprint density at radius 3 is 2.56 bits per heavy atom. The minimum absolute atomic E-state index is 0.0430. The number of carbonyl (C=O) groups excluding carboxylic acids is 2. The Morgan fingerprint density at radius 2 is 1.82 bits per heavy atom. The summed E-state index contributed by atoms with van der Waals surface area (Å²) in [6.45, 7) is 1.79. The molecule has 0 aliphatic heterocycles. The molecule has 0 unspecified atom stereocenters. The summed E-state index contributed by atoms with van der Waals surface area (Å²) in [5, 5.41) is 21.6. The van der Waals surface area contributed by atoms with Crippen LogP contribution in [0.5, 0.6) is 11.5 Å². The summed E-state index contributed by atoms with van der Waals surface area (Å²) in [6, 6.07) is 18.4. The Hall–Kier alpha value is -4.40. The average molecular weight is 528 g/mol. The molecular formula is C30H33N5O4. The highest BCUT2D eigenvalue weighted by Crippen LogP contribution is 2.37. The van der Waals surface area contributed by atoms with Crippen LogP contribution in [0.25, 0.3) is 11.0 Å². The number of aromatic hydroxyl groups is 1. The molecule has 9 nitrogen and oxygen atoms in total. The van der Waals surface area contributed by atoms with Gasteiger partial charge in [-0.05, 0) is 67.3 Å². The van der Waals surface area contributed by atoms with Gasteiger partial charge in [-0.2, -0.15) is 0 Å². The molecule has 1 aliphatic rings. The predicted molar refractivity (Wildman–Crippen MR) is 149 cm³/mol. The first-order valence-electron chi connectivity index (χ1n) is 13.3. The number of nitrogens with one attached hydrogen (secondary N) is 1. The van der Waals surface area contributed by atoms with Crippen LogP contribution in [0, 0.1) is 6.92 Å². The van der Waals surface area contributed by atoms with Crippen molar-refractivity contribution in [3.63, 3.8) is 0 Å². The van der Waals surface area contributed by atoms with E-state index >= 15 is 0 Å². The monoisotopic (exact) mass is 527 g/mol. The SMILES string of the molecule is COc1ccc(C)cc1N(C(=O)Cn1nnc2ccccc21)[C@H](C(=O)NC1CCCCC1)c1ccc(O)cc1. The van der Waals surface area contributed by atoms with Crippen molar-refractivity contribution >= 4 is 28.5 Å². The number of fused-ring (bicyclic) bond motifs is 1. The van der Waals surface area contributed by atoms with Crippen LogP contribution in [0.2, 0.25) is 0 Å². The lowest BCUT2D eigenvalue weighted by molar-refractivity contribution is -0.127. The number of nitrogens with zero attached hydrogens (tertiary/aromatic N) is 4. The summed E-state index contributed by atoms with van der Waals surface area (Å²) in [5.74, 6) is -0.101. The minimum atomic E-state index is -1.01. The van der Waals surface area contributed by atoms with E-state index in [1.54, 1.807) is 30.0 Å². The molecule has 1 aromatic heterocycles. The first kappa shape index (κ1) is 26.2. The molecule has 5 rings (SSSR count). The van der Waals surface area contributed by atoms with Crippen molar-refractivity contribution in [2.24, 2.45) is 0 Å². The van der Waals surface area contributed by atoms with E-state index in [2.05, 4.69) is 15.6 Å². The van der Waals surface area contributed by atoms with E-state index in [0.717, 1.165) is 43.2 Å². The molecule has 1 atom stereocenters. The number of ether oxygens (including phenoxy) is 1. The molecule has 2 amide bonds. The van der Waals surface area contributed by atoms with Gasteiger partial charge in [0.2, 0.25) is 11.8 Å². The number of phenols is 1. The Morgan fingerprint density at radius 1 is 1.08 bits per heavy atom. The van der Waals surface area contributed by atoms with Crippen LogP contribution in [-0.2, 0) is 16.1 Å². The molecule has 3 aromatic carbocycles. The third kappa shape index (κ3) is 5.72. The highest BCUT2D eigenvalue weighted by atomic mass is 16.5. The Balaban J connectivity index is 1.61. The zero-order valence-electron chi connectivity index (χ0n) is 22.2. The fourth-order valence-electron chi connectivity index (χ4n) is 5.25. The molecule has 39 heavy (non-hydrogen) atoms. The molecule has 1 aliphatic carbocycles. The topological polar surface area (TPSA) is 110 Å². The quantitative estimate of drug-likeness (QED) is 0.344. The van der Waals surface area contributed by atoms with E-state index in [1.807, 2.05) is 43.3 Å². The number of aryl methyl sites for hydroxylation is 1. The van der Waals surface area contributed by atoms with E-state index in [-0.39, 0.29) is 30.2 Å². The highest BCUT2D eigenvalue weighted by molar-refractivity contribution is 6.02. The lowest BCUT2D eigenvalue weighted by atomic mass is 9.94. The molecule has 0 radical (unpaired) electrons. The first-order chi connectivity index (χ1) is 18.9. The van der Waals surface area contributed by atoms with Gasteiger partial charge in [0, 0.05) is 6.04 Å². The number of hydrogen-bond acceptors (Lipinski definition) is 6. The number of amides is 2. The number of para-hydroxylation sites is 1. The number of phenolic OH excluding ortho intramolecular Hbond substituents is 1. The summed E-state index contributed by atoms with van der Waals surface area (Å²) in [7, 11) is 1.54. The second-order valence-electron chi connectivity index (χ2n) is 10.0. The molecule has 1 fully saturated rings. The average Bonchev–Trinajstić information content (AvgIpc) is 3.35. The maximum Gasteiger partial charge on any atom is 0.249 e. The van der Waals surface area contributed by atoms with Crippen LogP contribution in [0.15, 0.2) is 66.7 Å². The molecule has 202 valence electrons. The molecular weight excluding hydrogens is 494 g/mol. The predicted octanol–water partition coefficient (Wildman–Crippen LogP) is 4.68. The van der Waals surface area contributed by atoms with Gasteiger partial charge in [0.05, 0.1) is 18.3 Å². The fraction of sp³-hybridized carbons (Fsp3) is 0.333. The number of rotatable bonds is 8. The molecule has 0 bridgehead atoms. The van der Waals surface area contributed by atoms with Crippen LogP contribution < -0.4 is 15.0 Å². The number of carbonyl (C=O) groups is 2. The Bertz CT molecular complexity index is 1460. The molecule has 4 aromatic rings. The zero-order chi connectivity index (χ0) is 27.4. The third-order valence-electron chi connectivity index (χ3n) is 7.23. The van der Waals surface area contributed by atoms with E-state index in [4.69, 9.17) is 4.74 Å². The van der Waals surface area contributed by atoms with Crippen molar-refractivity contribution in [2.45, 2.75) is 57.7 Å². The smallest absolute Gasteiger partial charge is 0.249 e. The van der Waals surface area contributed by atoms with Crippen LogP contribution in [0.4, 0.5) is 5.69 Å². The van der Waals surface area contributed by atoms with Gasteiger partial charge in [0.25, 0.3) is 0 Å². The molecule has 1 heterocycles. The molecule has 2 N–H and O–H groups in total. The van der Waals surface area contributed by atoms with Crippen molar-refractivity contribution in [2.75, 3.05) is 12.0 Å². The van der Waals surface area contributed by atoms with Crippen LogP contribution >= 0.6 is 0 Å². The van der Waals surface area contributed by atoms with Gasteiger partial charge in [0.15, 0.2) is 0 Å². The first-order valence-corrected chi connectivity index (χ1v) is 13.3.